The minimum Gasteiger partial charge on any atom is -0.494 e. The van der Waals surface area contributed by atoms with Crippen molar-refractivity contribution in [2.45, 2.75) is 13.0 Å². The van der Waals surface area contributed by atoms with Crippen LogP contribution < -0.4 is 0 Å². The molecule has 62 valence electrons. The summed E-state index contributed by atoms with van der Waals surface area (Å²) in [5.74, 6) is -0.459. The van der Waals surface area contributed by atoms with Gasteiger partial charge >= 0.3 is 5.97 Å². The first-order chi connectivity index (χ1) is 5.13. The van der Waals surface area contributed by atoms with Crippen molar-refractivity contribution in [2.24, 2.45) is 0 Å². The van der Waals surface area contributed by atoms with Crippen LogP contribution in [0.1, 0.15) is 6.92 Å². The van der Waals surface area contributed by atoms with Crippen molar-refractivity contribution in [1.29, 1.82) is 0 Å². The fraction of sp³-hybridized carbons (Fsp3) is 0.375. The molecule has 0 rings (SSSR count). The summed E-state index contributed by atoms with van der Waals surface area (Å²) in [7, 11) is 1.30. The Kier molecular flexibility index (Phi) is 4.03. The number of ether oxygens (including phenoxy) is 2. The quantitative estimate of drug-likeness (QED) is 0.349. The van der Waals surface area contributed by atoms with E-state index >= 15 is 0 Å². The molecule has 0 saturated heterocycles. The minimum atomic E-state index is -0.459. The Balaban J connectivity index is 4.01. The molecule has 0 aliphatic heterocycles. The van der Waals surface area contributed by atoms with Gasteiger partial charge in [-0.1, -0.05) is 13.2 Å². The Morgan fingerprint density at radius 2 is 2.18 bits per heavy atom. The number of methoxy groups -OCH3 is 1. The smallest absolute Gasteiger partial charge is 0.336 e. The fourth-order valence-corrected chi connectivity index (χ4v) is 0.524. The first kappa shape index (κ1) is 9.75. The molecule has 3 heteroatoms. The fourth-order valence-electron chi connectivity index (χ4n) is 0.524. The number of hydrogen-bond acceptors (Lipinski definition) is 3. The standard InChI is InChI=1S/C8H12O3/c1-5-11-7(3)6(2)8(9)10-4/h5,7H,1-2H2,3-4H3. The van der Waals surface area contributed by atoms with Gasteiger partial charge < -0.3 is 9.47 Å². The summed E-state index contributed by atoms with van der Waals surface area (Å²) >= 11 is 0. The van der Waals surface area contributed by atoms with Crippen LogP contribution in [-0.2, 0) is 14.3 Å². The molecule has 0 aromatic rings. The van der Waals surface area contributed by atoms with Crippen LogP contribution in [0.25, 0.3) is 0 Å². The number of hydrogen-bond donors (Lipinski definition) is 0. The second-order valence-electron chi connectivity index (χ2n) is 1.96. The highest BCUT2D eigenvalue weighted by molar-refractivity contribution is 5.88. The molecule has 0 spiro atoms. The van der Waals surface area contributed by atoms with E-state index in [-0.39, 0.29) is 11.7 Å². The maximum Gasteiger partial charge on any atom is 0.336 e. The van der Waals surface area contributed by atoms with Crippen molar-refractivity contribution in [2.75, 3.05) is 7.11 Å². The normalized spacial score (nSPS) is 11.5. The first-order valence-electron chi connectivity index (χ1n) is 3.17. The maximum absolute atomic E-state index is 10.8. The van der Waals surface area contributed by atoms with Crippen LogP contribution in [0.3, 0.4) is 0 Å². The molecular formula is C8H12O3. The van der Waals surface area contributed by atoms with Crippen LogP contribution in [0.5, 0.6) is 0 Å². The molecule has 0 aliphatic rings. The average Bonchev–Trinajstić information content (AvgIpc) is 2.02. The van der Waals surface area contributed by atoms with E-state index in [9.17, 15) is 4.79 Å². The molecule has 0 N–H and O–H groups in total. The molecule has 11 heavy (non-hydrogen) atoms. The third kappa shape index (κ3) is 2.89. The lowest BCUT2D eigenvalue weighted by Gasteiger charge is -2.11. The number of carbonyl (C=O) groups excluding carboxylic acids is 1. The molecule has 0 aromatic heterocycles. The van der Waals surface area contributed by atoms with Crippen LogP contribution in [0.15, 0.2) is 25.0 Å². The molecule has 0 heterocycles. The second kappa shape index (κ2) is 4.55. The Bertz CT molecular complexity index is 172. The van der Waals surface area contributed by atoms with Crippen LogP contribution in [0.4, 0.5) is 0 Å². The molecule has 0 radical (unpaired) electrons. The summed E-state index contributed by atoms with van der Waals surface area (Å²) in [5, 5.41) is 0. The zero-order chi connectivity index (χ0) is 8.85. The largest absolute Gasteiger partial charge is 0.494 e. The average molecular weight is 156 g/mol. The highest BCUT2D eigenvalue weighted by atomic mass is 16.5. The topological polar surface area (TPSA) is 35.5 Å². The van der Waals surface area contributed by atoms with Gasteiger partial charge in [-0.2, -0.15) is 0 Å². The molecule has 1 unspecified atom stereocenters. The summed E-state index contributed by atoms with van der Waals surface area (Å²) in [6, 6.07) is 0. The summed E-state index contributed by atoms with van der Waals surface area (Å²) in [5.41, 5.74) is 0.285. The number of rotatable bonds is 4. The van der Waals surface area contributed by atoms with E-state index in [1.54, 1.807) is 6.92 Å². The molecule has 0 fully saturated rings. The van der Waals surface area contributed by atoms with Crippen molar-refractivity contribution in [1.82, 2.24) is 0 Å². The Hall–Kier alpha value is -1.25. The Morgan fingerprint density at radius 1 is 1.64 bits per heavy atom. The van der Waals surface area contributed by atoms with Gasteiger partial charge in [-0.3, -0.25) is 0 Å². The molecule has 0 amide bonds. The summed E-state index contributed by atoms with van der Waals surface area (Å²) in [6.45, 7) is 8.54. The van der Waals surface area contributed by atoms with Gasteiger partial charge in [0.2, 0.25) is 0 Å². The second-order valence-corrected chi connectivity index (χ2v) is 1.96. The van der Waals surface area contributed by atoms with Gasteiger partial charge in [0.1, 0.15) is 6.10 Å². The first-order valence-corrected chi connectivity index (χ1v) is 3.17. The molecule has 0 saturated carbocycles. The molecule has 0 bridgehead atoms. The van der Waals surface area contributed by atoms with Gasteiger partial charge in [-0.15, -0.1) is 0 Å². The predicted molar refractivity (Wildman–Crippen MR) is 41.9 cm³/mol. The predicted octanol–water partition coefficient (Wildman–Crippen LogP) is 1.26. The van der Waals surface area contributed by atoms with Crippen molar-refractivity contribution in [3.05, 3.63) is 25.0 Å². The lowest BCUT2D eigenvalue weighted by Crippen LogP contribution is -2.16. The van der Waals surface area contributed by atoms with Crippen molar-refractivity contribution >= 4 is 5.97 Å². The van der Waals surface area contributed by atoms with E-state index in [0.717, 1.165) is 0 Å². The van der Waals surface area contributed by atoms with Crippen LogP contribution >= 0.6 is 0 Å². The number of esters is 1. The van der Waals surface area contributed by atoms with E-state index in [1.165, 1.54) is 13.4 Å². The van der Waals surface area contributed by atoms with Gasteiger partial charge in [0.05, 0.1) is 18.9 Å². The van der Waals surface area contributed by atoms with Gasteiger partial charge in [0, 0.05) is 0 Å². The Labute approximate surface area is 66.3 Å². The summed E-state index contributed by atoms with van der Waals surface area (Å²) < 4.78 is 9.32. The zero-order valence-corrected chi connectivity index (χ0v) is 6.79. The molecule has 1 atom stereocenters. The SMILES string of the molecule is C=COC(C)C(=C)C(=O)OC. The van der Waals surface area contributed by atoms with Crippen LogP contribution in [0.2, 0.25) is 0 Å². The zero-order valence-electron chi connectivity index (χ0n) is 6.79. The lowest BCUT2D eigenvalue weighted by molar-refractivity contribution is -0.137. The van der Waals surface area contributed by atoms with Crippen LogP contribution in [-0.4, -0.2) is 19.2 Å². The van der Waals surface area contributed by atoms with Crippen molar-refractivity contribution < 1.29 is 14.3 Å². The van der Waals surface area contributed by atoms with Crippen LogP contribution in [0, 0.1) is 0 Å². The van der Waals surface area contributed by atoms with E-state index in [0.29, 0.717) is 0 Å². The third-order valence-electron chi connectivity index (χ3n) is 1.24. The van der Waals surface area contributed by atoms with Gasteiger partial charge in [0.25, 0.3) is 0 Å². The van der Waals surface area contributed by atoms with Gasteiger partial charge in [-0.05, 0) is 6.92 Å². The highest BCUT2D eigenvalue weighted by Gasteiger charge is 2.14. The number of carbonyl (C=O) groups is 1. The maximum atomic E-state index is 10.8. The lowest BCUT2D eigenvalue weighted by atomic mass is 10.2. The van der Waals surface area contributed by atoms with E-state index in [2.05, 4.69) is 17.9 Å². The third-order valence-corrected chi connectivity index (χ3v) is 1.24. The monoisotopic (exact) mass is 156 g/mol. The minimum absolute atomic E-state index is 0.285. The van der Waals surface area contributed by atoms with E-state index in [1.807, 2.05) is 0 Å². The van der Waals surface area contributed by atoms with Gasteiger partial charge in [0.15, 0.2) is 0 Å². The van der Waals surface area contributed by atoms with E-state index in [4.69, 9.17) is 4.74 Å². The molecule has 0 aromatic carbocycles. The summed E-state index contributed by atoms with van der Waals surface area (Å²) in [6.07, 6.45) is 0.888. The van der Waals surface area contributed by atoms with E-state index < -0.39 is 5.97 Å². The molecular weight excluding hydrogens is 144 g/mol. The van der Waals surface area contributed by atoms with Crippen molar-refractivity contribution in [3.8, 4) is 0 Å². The molecule has 3 nitrogen and oxygen atoms in total. The summed E-state index contributed by atoms with van der Waals surface area (Å²) in [4.78, 5) is 10.8. The highest BCUT2D eigenvalue weighted by Crippen LogP contribution is 2.05. The Morgan fingerprint density at radius 3 is 2.55 bits per heavy atom. The molecule has 0 aliphatic carbocycles. The van der Waals surface area contributed by atoms with Gasteiger partial charge in [-0.25, -0.2) is 4.79 Å². The van der Waals surface area contributed by atoms with Crippen molar-refractivity contribution in [3.63, 3.8) is 0 Å².